The lowest BCUT2D eigenvalue weighted by Gasteiger charge is -2.26. The number of anilines is 1. The van der Waals surface area contributed by atoms with Gasteiger partial charge in [-0.3, -0.25) is 9.69 Å². The van der Waals surface area contributed by atoms with Gasteiger partial charge in [0.2, 0.25) is 5.91 Å². The molecule has 1 rings (SSSR count). The summed E-state index contributed by atoms with van der Waals surface area (Å²) in [5.74, 6) is -0.194. The molecule has 0 aliphatic heterocycles. The first-order valence-corrected chi connectivity index (χ1v) is 7.24. The minimum Gasteiger partial charge on any atom is -0.389 e. The Morgan fingerprint density at radius 1 is 1.43 bits per heavy atom. The van der Waals surface area contributed by atoms with Crippen molar-refractivity contribution < 1.29 is 14.6 Å². The molecule has 2 N–H and O–H groups in total. The third-order valence-electron chi connectivity index (χ3n) is 3.09. The number of nitrogens with one attached hydrogen (secondary N) is 1. The number of hydrogen-bond donors (Lipinski definition) is 2. The Balaban J connectivity index is 2.59. The summed E-state index contributed by atoms with van der Waals surface area (Å²) in [6.07, 6.45) is -0.639. The first kappa shape index (κ1) is 18.2. The average Bonchev–Trinajstić information content (AvgIpc) is 2.42. The summed E-state index contributed by atoms with van der Waals surface area (Å²) in [5.41, 5.74) is 0.576. The van der Waals surface area contributed by atoms with E-state index in [2.05, 4.69) is 5.32 Å². The Bertz CT molecular complexity index is 485. The molecule has 0 aromatic heterocycles. The van der Waals surface area contributed by atoms with Crippen molar-refractivity contribution in [3.8, 4) is 0 Å². The van der Waals surface area contributed by atoms with E-state index in [9.17, 15) is 9.90 Å². The van der Waals surface area contributed by atoms with E-state index in [1.165, 1.54) is 7.11 Å². The van der Waals surface area contributed by atoms with Gasteiger partial charge in [0.05, 0.1) is 28.8 Å². The maximum atomic E-state index is 12.1. The molecular formula is C14H20Cl2N2O3. The van der Waals surface area contributed by atoms with Crippen LogP contribution in [0.3, 0.4) is 0 Å². The zero-order chi connectivity index (χ0) is 16.0. The molecule has 2 unspecified atom stereocenters. The molecule has 1 amide bonds. The lowest BCUT2D eigenvalue weighted by atomic mass is 10.2. The van der Waals surface area contributed by atoms with E-state index in [4.69, 9.17) is 27.9 Å². The number of methoxy groups -OCH3 is 1. The minimum absolute atomic E-state index is 0.194. The van der Waals surface area contributed by atoms with E-state index in [0.29, 0.717) is 22.3 Å². The van der Waals surface area contributed by atoms with Crippen molar-refractivity contribution in [2.45, 2.75) is 19.1 Å². The number of amides is 1. The van der Waals surface area contributed by atoms with Crippen LogP contribution in [0.15, 0.2) is 18.2 Å². The molecule has 0 saturated heterocycles. The molecule has 0 spiro atoms. The van der Waals surface area contributed by atoms with Gasteiger partial charge in [-0.1, -0.05) is 23.2 Å². The van der Waals surface area contributed by atoms with Crippen molar-refractivity contribution >= 4 is 34.8 Å². The van der Waals surface area contributed by atoms with E-state index in [1.807, 2.05) is 0 Å². The smallest absolute Gasteiger partial charge is 0.241 e. The van der Waals surface area contributed by atoms with Crippen molar-refractivity contribution in [1.29, 1.82) is 0 Å². The van der Waals surface area contributed by atoms with Crippen LogP contribution in [0.2, 0.25) is 10.0 Å². The minimum atomic E-state index is -0.639. The summed E-state index contributed by atoms with van der Waals surface area (Å²) in [7, 11) is 3.28. The van der Waals surface area contributed by atoms with E-state index in [0.717, 1.165) is 0 Å². The normalized spacial score (nSPS) is 14.0. The van der Waals surface area contributed by atoms with Crippen LogP contribution in [0.4, 0.5) is 5.69 Å². The van der Waals surface area contributed by atoms with Gasteiger partial charge in [-0.05, 0) is 32.2 Å². The number of hydrogen-bond acceptors (Lipinski definition) is 4. The highest BCUT2D eigenvalue weighted by Gasteiger charge is 2.20. The fraction of sp³-hybridized carbons (Fsp3) is 0.500. The Kier molecular flexibility index (Phi) is 7.42. The zero-order valence-electron chi connectivity index (χ0n) is 12.3. The molecule has 0 fully saturated rings. The molecule has 5 nitrogen and oxygen atoms in total. The van der Waals surface area contributed by atoms with Crippen molar-refractivity contribution in [3.05, 3.63) is 28.2 Å². The Morgan fingerprint density at radius 2 is 2.10 bits per heavy atom. The largest absolute Gasteiger partial charge is 0.389 e. The topological polar surface area (TPSA) is 61.8 Å². The quantitative estimate of drug-likeness (QED) is 0.802. The number of carbonyl (C=O) groups is 1. The summed E-state index contributed by atoms with van der Waals surface area (Å²) in [4.78, 5) is 13.9. The Labute approximate surface area is 134 Å². The lowest BCUT2D eigenvalue weighted by Crippen LogP contribution is -2.44. The standard InChI is InChI=1S/C14H20Cl2N2O3/c1-9(18(2)7-11(19)8-21-3)14(20)17-10-4-5-12(15)13(16)6-10/h4-6,9,11,19H,7-8H2,1-3H3,(H,17,20). The van der Waals surface area contributed by atoms with Crippen LogP contribution >= 0.6 is 23.2 Å². The molecule has 0 saturated carbocycles. The van der Waals surface area contributed by atoms with Crippen LogP contribution in [0, 0.1) is 0 Å². The fourth-order valence-corrected chi connectivity index (χ4v) is 2.05. The number of carbonyl (C=O) groups excluding carboxylic acids is 1. The molecule has 0 radical (unpaired) electrons. The molecular weight excluding hydrogens is 315 g/mol. The van der Waals surface area contributed by atoms with Gasteiger partial charge in [-0.25, -0.2) is 0 Å². The van der Waals surface area contributed by atoms with Gasteiger partial charge in [0.1, 0.15) is 0 Å². The summed E-state index contributed by atoms with van der Waals surface area (Å²) in [5, 5.41) is 13.2. The molecule has 0 bridgehead atoms. The first-order valence-electron chi connectivity index (χ1n) is 6.48. The predicted molar refractivity (Wildman–Crippen MR) is 85.1 cm³/mol. The Morgan fingerprint density at radius 3 is 2.67 bits per heavy atom. The van der Waals surface area contributed by atoms with Crippen LogP contribution in [0.5, 0.6) is 0 Å². The molecule has 0 aliphatic rings. The molecule has 21 heavy (non-hydrogen) atoms. The van der Waals surface area contributed by atoms with Crippen LogP contribution in [-0.2, 0) is 9.53 Å². The van der Waals surface area contributed by atoms with Gasteiger partial charge in [0, 0.05) is 19.3 Å². The first-order chi connectivity index (χ1) is 9.85. The van der Waals surface area contributed by atoms with E-state index in [1.54, 1.807) is 37.1 Å². The average molecular weight is 335 g/mol. The van der Waals surface area contributed by atoms with Gasteiger partial charge in [-0.2, -0.15) is 0 Å². The number of rotatable bonds is 7. The summed E-state index contributed by atoms with van der Waals surface area (Å²) < 4.78 is 4.86. The third-order valence-corrected chi connectivity index (χ3v) is 3.82. The Hall–Kier alpha value is -0.850. The van der Waals surface area contributed by atoms with E-state index < -0.39 is 12.1 Å². The molecule has 118 valence electrons. The number of likely N-dealkylation sites (N-methyl/N-ethyl adjacent to an activating group) is 1. The maximum absolute atomic E-state index is 12.1. The number of aliphatic hydroxyl groups is 1. The third kappa shape index (κ3) is 5.80. The molecule has 0 heterocycles. The lowest BCUT2D eigenvalue weighted by molar-refractivity contribution is -0.120. The van der Waals surface area contributed by atoms with Crippen LogP contribution in [0.1, 0.15) is 6.92 Å². The van der Waals surface area contributed by atoms with Crippen molar-refractivity contribution in [1.82, 2.24) is 4.90 Å². The second-order valence-corrected chi connectivity index (χ2v) is 5.66. The van der Waals surface area contributed by atoms with Gasteiger partial charge < -0.3 is 15.2 Å². The second kappa shape index (κ2) is 8.56. The van der Waals surface area contributed by atoms with Crippen molar-refractivity contribution in [3.63, 3.8) is 0 Å². The molecule has 1 aromatic carbocycles. The molecule has 7 heteroatoms. The summed E-state index contributed by atoms with van der Waals surface area (Å²) in [6, 6.07) is 4.48. The monoisotopic (exact) mass is 334 g/mol. The predicted octanol–water partition coefficient (Wildman–Crippen LogP) is 2.26. The van der Waals surface area contributed by atoms with E-state index >= 15 is 0 Å². The number of nitrogens with zero attached hydrogens (tertiary/aromatic N) is 1. The van der Waals surface area contributed by atoms with E-state index in [-0.39, 0.29) is 12.5 Å². The van der Waals surface area contributed by atoms with Crippen LogP contribution in [0.25, 0.3) is 0 Å². The fourth-order valence-electron chi connectivity index (χ4n) is 1.76. The zero-order valence-corrected chi connectivity index (χ0v) is 13.8. The SMILES string of the molecule is COCC(O)CN(C)C(C)C(=O)Nc1ccc(Cl)c(Cl)c1. The highest BCUT2D eigenvalue weighted by molar-refractivity contribution is 6.42. The van der Waals surface area contributed by atoms with Gasteiger partial charge in [-0.15, -0.1) is 0 Å². The second-order valence-electron chi connectivity index (χ2n) is 4.84. The number of benzene rings is 1. The maximum Gasteiger partial charge on any atom is 0.241 e. The van der Waals surface area contributed by atoms with Crippen LogP contribution in [-0.4, -0.2) is 55.4 Å². The number of halogens is 2. The highest BCUT2D eigenvalue weighted by atomic mass is 35.5. The van der Waals surface area contributed by atoms with Crippen molar-refractivity contribution in [2.24, 2.45) is 0 Å². The molecule has 1 aromatic rings. The van der Waals surface area contributed by atoms with Gasteiger partial charge >= 0.3 is 0 Å². The van der Waals surface area contributed by atoms with Gasteiger partial charge in [0.15, 0.2) is 0 Å². The molecule has 0 aliphatic carbocycles. The van der Waals surface area contributed by atoms with Crippen molar-refractivity contribution in [2.75, 3.05) is 32.6 Å². The molecule has 2 atom stereocenters. The number of aliphatic hydroxyl groups excluding tert-OH is 1. The summed E-state index contributed by atoms with van der Waals surface area (Å²) in [6.45, 7) is 2.32. The summed E-state index contributed by atoms with van der Waals surface area (Å²) >= 11 is 11.7. The van der Waals surface area contributed by atoms with Gasteiger partial charge in [0.25, 0.3) is 0 Å². The van der Waals surface area contributed by atoms with Crippen LogP contribution < -0.4 is 5.32 Å². The number of ether oxygens (including phenoxy) is 1. The highest BCUT2D eigenvalue weighted by Crippen LogP contribution is 2.25.